The third kappa shape index (κ3) is 4.34. The fourth-order valence-corrected chi connectivity index (χ4v) is 1.41. The van der Waals surface area contributed by atoms with E-state index in [0.717, 1.165) is 6.07 Å². The van der Waals surface area contributed by atoms with E-state index in [2.05, 4.69) is 9.47 Å². The fraction of sp³-hybridized carbons (Fsp3) is 0.250. The van der Waals surface area contributed by atoms with E-state index < -0.39 is 34.3 Å². The smallest absolute Gasteiger partial charge is 0.404 e. The van der Waals surface area contributed by atoms with Crippen molar-refractivity contribution < 1.29 is 35.8 Å². The van der Waals surface area contributed by atoms with Gasteiger partial charge in [0.05, 0.1) is 5.02 Å². The molecule has 102 valence electrons. The summed E-state index contributed by atoms with van der Waals surface area (Å²) < 4.78 is 78.5. The highest BCUT2D eigenvalue weighted by atomic mass is 35.5. The van der Waals surface area contributed by atoms with E-state index in [0.29, 0.717) is 6.07 Å². The Morgan fingerprint density at radius 2 is 1.33 bits per heavy atom. The molecule has 0 atom stereocenters. The van der Waals surface area contributed by atoms with E-state index in [1.54, 1.807) is 0 Å². The van der Waals surface area contributed by atoms with E-state index in [9.17, 15) is 26.3 Å². The van der Waals surface area contributed by atoms with Gasteiger partial charge >= 0.3 is 12.7 Å². The summed E-state index contributed by atoms with van der Waals surface area (Å²) in [6.07, 6.45) is -10.3. The lowest BCUT2D eigenvalue weighted by Crippen LogP contribution is -2.19. The normalized spacial score (nSPS) is 12.4. The SMILES string of the molecule is FC(F)(F)Oc1ccc(Cl)c(OC(F)(F)F)c1Cl. The number of halogens is 8. The molecular weight excluding hydrogens is 313 g/mol. The zero-order valence-electron chi connectivity index (χ0n) is 7.99. The molecule has 2 nitrogen and oxygen atoms in total. The first-order valence-electron chi connectivity index (χ1n) is 3.99. The van der Waals surface area contributed by atoms with E-state index in [-0.39, 0.29) is 0 Å². The van der Waals surface area contributed by atoms with Crippen LogP contribution in [0.2, 0.25) is 10.0 Å². The van der Waals surface area contributed by atoms with Gasteiger partial charge < -0.3 is 9.47 Å². The van der Waals surface area contributed by atoms with Crippen molar-refractivity contribution >= 4 is 23.2 Å². The van der Waals surface area contributed by atoms with Crippen LogP contribution in [0.5, 0.6) is 11.5 Å². The minimum atomic E-state index is -5.15. The third-order valence-electron chi connectivity index (χ3n) is 1.46. The summed E-state index contributed by atoms with van der Waals surface area (Å²) >= 11 is 10.6. The predicted molar refractivity (Wildman–Crippen MR) is 49.8 cm³/mol. The van der Waals surface area contributed by atoms with Gasteiger partial charge in [0.1, 0.15) is 5.02 Å². The highest BCUT2D eigenvalue weighted by Crippen LogP contribution is 2.43. The van der Waals surface area contributed by atoms with Crippen molar-refractivity contribution in [3.8, 4) is 11.5 Å². The van der Waals surface area contributed by atoms with Crippen molar-refractivity contribution in [1.29, 1.82) is 0 Å². The molecule has 0 bridgehead atoms. The minimum absolute atomic E-state index is 0.605. The summed E-state index contributed by atoms with van der Waals surface area (Å²) in [5.74, 6) is -2.21. The van der Waals surface area contributed by atoms with Crippen molar-refractivity contribution in [2.75, 3.05) is 0 Å². The number of rotatable bonds is 2. The number of benzene rings is 1. The predicted octanol–water partition coefficient (Wildman–Crippen LogP) is 4.79. The summed E-state index contributed by atoms with van der Waals surface area (Å²) in [6.45, 7) is 0. The minimum Gasteiger partial charge on any atom is -0.404 e. The van der Waals surface area contributed by atoms with Gasteiger partial charge in [0.15, 0.2) is 11.5 Å². The third-order valence-corrected chi connectivity index (χ3v) is 2.11. The molecule has 10 heteroatoms. The molecule has 0 radical (unpaired) electrons. The van der Waals surface area contributed by atoms with E-state index in [1.165, 1.54) is 0 Å². The number of ether oxygens (including phenoxy) is 2. The molecule has 0 spiro atoms. The Bertz CT molecular complexity index is 442. The summed E-state index contributed by atoms with van der Waals surface area (Å²) in [4.78, 5) is 0. The van der Waals surface area contributed by atoms with Crippen molar-refractivity contribution in [2.24, 2.45) is 0 Å². The molecule has 18 heavy (non-hydrogen) atoms. The molecule has 0 heterocycles. The van der Waals surface area contributed by atoms with E-state index in [4.69, 9.17) is 23.2 Å². The zero-order valence-corrected chi connectivity index (χ0v) is 9.51. The standard InChI is InChI=1S/C8H2Cl2F6O2/c9-3-1-2-4(17-7(11,12)13)5(10)6(3)18-8(14,15)16/h1-2H. The molecule has 0 saturated carbocycles. The number of hydrogen-bond acceptors (Lipinski definition) is 2. The van der Waals surface area contributed by atoms with Gasteiger partial charge in [0.25, 0.3) is 0 Å². The van der Waals surface area contributed by atoms with Crippen LogP contribution in [0.15, 0.2) is 12.1 Å². The van der Waals surface area contributed by atoms with Crippen molar-refractivity contribution in [3.63, 3.8) is 0 Å². The molecule has 0 aliphatic carbocycles. The second kappa shape index (κ2) is 4.93. The highest BCUT2D eigenvalue weighted by molar-refractivity contribution is 6.38. The van der Waals surface area contributed by atoms with Gasteiger partial charge in [0.2, 0.25) is 0 Å². The molecule has 0 aromatic heterocycles. The maximum Gasteiger partial charge on any atom is 0.573 e. The lowest BCUT2D eigenvalue weighted by molar-refractivity contribution is -0.276. The van der Waals surface area contributed by atoms with Gasteiger partial charge in [-0.1, -0.05) is 23.2 Å². The molecule has 0 aliphatic heterocycles. The topological polar surface area (TPSA) is 18.5 Å². The molecule has 1 rings (SSSR count). The van der Waals surface area contributed by atoms with Crippen LogP contribution >= 0.6 is 23.2 Å². The summed E-state index contributed by atoms with van der Waals surface area (Å²) in [5, 5.41) is -1.64. The average molecular weight is 315 g/mol. The fourth-order valence-electron chi connectivity index (χ4n) is 0.927. The monoisotopic (exact) mass is 314 g/mol. The molecule has 1 aromatic rings. The van der Waals surface area contributed by atoms with Gasteiger partial charge in [-0.15, -0.1) is 26.3 Å². The Morgan fingerprint density at radius 1 is 0.833 bits per heavy atom. The van der Waals surface area contributed by atoms with Gasteiger partial charge in [0, 0.05) is 0 Å². The van der Waals surface area contributed by atoms with Crippen LogP contribution in [0.1, 0.15) is 0 Å². The molecule has 0 aliphatic rings. The van der Waals surface area contributed by atoms with Crippen LogP contribution in [0.25, 0.3) is 0 Å². The first kappa shape index (κ1) is 15.0. The maximum atomic E-state index is 12.0. The maximum absolute atomic E-state index is 12.0. The Kier molecular flexibility index (Phi) is 4.12. The molecule has 0 amide bonds. The van der Waals surface area contributed by atoms with Crippen molar-refractivity contribution in [2.45, 2.75) is 12.7 Å². The number of hydrogen-bond donors (Lipinski definition) is 0. The van der Waals surface area contributed by atoms with Crippen molar-refractivity contribution in [3.05, 3.63) is 22.2 Å². The Labute approximate surface area is 106 Å². The van der Waals surface area contributed by atoms with Gasteiger partial charge in [-0.25, -0.2) is 0 Å². The molecule has 1 aromatic carbocycles. The molecule has 0 saturated heterocycles. The Balaban J connectivity index is 3.15. The largest absolute Gasteiger partial charge is 0.573 e. The first-order chi connectivity index (χ1) is 7.99. The summed E-state index contributed by atoms with van der Waals surface area (Å²) in [6, 6.07) is 1.40. The Morgan fingerprint density at radius 3 is 1.78 bits per heavy atom. The quantitative estimate of drug-likeness (QED) is 0.731. The average Bonchev–Trinajstić information content (AvgIpc) is 2.14. The van der Waals surface area contributed by atoms with Gasteiger partial charge in [-0.3, -0.25) is 0 Å². The summed E-state index contributed by atoms with van der Waals surface area (Å²) in [7, 11) is 0. The van der Waals surface area contributed by atoms with E-state index in [1.807, 2.05) is 0 Å². The molecule has 0 fully saturated rings. The van der Waals surface area contributed by atoms with Crippen LogP contribution < -0.4 is 9.47 Å². The van der Waals surface area contributed by atoms with Gasteiger partial charge in [-0.2, -0.15) is 0 Å². The first-order valence-corrected chi connectivity index (χ1v) is 4.74. The van der Waals surface area contributed by atoms with Crippen LogP contribution in [0.3, 0.4) is 0 Å². The molecule has 0 unspecified atom stereocenters. The van der Waals surface area contributed by atoms with Gasteiger partial charge in [-0.05, 0) is 12.1 Å². The number of alkyl halides is 6. The highest BCUT2D eigenvalue weighted by Gasteiger charge is 2.36. The zero-order chi connectivity index (χ0) is 14.1. The van der Waals surface area contributed by atoms with E-state index >= 15 is 0 Å². The van der Waals surface area contributed by atoms with Crippen molar-refractivity contribution in [1.82, 2.24) is 0 Å². The second-order valence-electron chi connectivity index (χ2n) is 2.78. The van der Waals surface area contributed by atoms with Crippen LogP contribution in [0.4, 0.5) is 26.3 Å². The Hall–Kier alpha value is -1.02. The summed E-state index contributed by atoms with van der Waals surface area (Å²) in [5.41, 5.74) is 0. The van der Waals surface area contributed by atoms with Crippen LogP contribution in [-0.4, -0.2) is 12.7 Å². The second-order valence-corrected chi connectivity index (χ2v) is 3.57. The molecule has 0 N–H and O–H groups in total. The van der Waals surface area contributed by atoms with Crippen LogP contribution in [-0.2, 0) is 0 Å². The lowest BCUT2D eigenvalue weighted by Gasteiger charge is -2.15. The van der Waals surface area contributed by atoms with Crippen LogP contribution in [0, 0.1) is 0 Å². The lowest BCUT2D eigenvalue weighted by atomic mass is 10.3. The molecular formula is C8H2Cl2F6O2.